The Morgan fingerprint density at radius 2 is 1.95 bits per heavy atom. The molecule has 0 atom stereocenters. The lowest BCUT2D eigenvalue weighted by Crippen LogP contribution is -2.09. The van der Waals surface area contributed by atoms with Crippen LogP contribution in [0.5, 0.6) is 5.75 Å². The predicted molar refractivity (Wildman–Crippen MR) is 73.3 cm³/mol. The summed E-state index contributed by atoms with van der Waals surface area (Å²) in [4.78, 5) is 11.2. The van der Waals surface area contributed by atoms with Gasteiger partial charge in [-0.1, -0.05) is 30.3 Å². The van der Waals surface area contributed by atoms with Crippen LogP contribution in [0.3, 0.4) is 0 Å². The van der Waals surface area contributed by atoms with Gasteiger partial charge in [0.2, 0.25) is 0 Å². The Labute approximate surface area is 111 Å². The van der Waals surface area contributed by atoms with Crippen LogP contribution < -0.4 is 10.5 Å². The number of anilines is 1. The molecule has 4 heteroatoms. The average Bonchev–Trinajstić information content (AvgIpc) is 2.37. The van der Waals surface area contributed by atoms with E-state index in [0.29, 0.717) is 5.56 Å². The summed E-state index contributed by atoms with van der Waals surface area (Å²) in [5, 5.41) is 9.16. The molecule has 0 aliphatic heterocycles. The van der Waals surface area contributed by atoms with E-state index in [2.05, 4.69) is 0 Å². The fraction of sp³-hybridized carbons (Fsp3) is 0.133. The van der Waals surface area contributed by atoms with Crippen LogP contribution in [-0.4, -0.2) is 11.1 Å². The van der Waals surface area contributed by atoms with E-state index in [1.165, 1.54) is 0 Å². The van der Waals surface area contributed by atoms with Crippen molar-refractivity contribution in [2.45, 2.75) is 13.5 Å². The summed E-state index contributed by atoms with van der Waals surface area (Å²) in [6.07, 6.45) is 0. The number of carbonyl (C=O) groups is 1. The molecule has 0 heterocycles. The molecule has 2 aromatic rings. The van der Waals surface area contributed by atoms with Crippen molar-refractivity contribution in [1.29, 1.82) is 0 Å². The van der Waals surface area contributed by atoms with Crippen LogP contribution in [0, 0.1) is 6.92 Å². The molecule has 0 aliphatic carbocycles. The van der Waals surface area contributed by atoms with E-state index in [4.69, 9.17) is 15.6 Å². The highest BCUT2D eigenvalue weighted by atomic mass is 16.5. The normalized spacial score (nSPS) is 10.2. The molecule has 0 amide bonds. The van der Waals surface area contributed by atoms with Gasteiger partial charge in [-0.2, -0.15) is 0 Å². The Balaban J connectivity index is 2.23. The monoisotopic (exact) mass is 257 g/mol. The number of rotatable bonds is 4. The summed E-state index contributed by atoms with van der Waals surface area (Å²) in [7, 11) is 0. The maximum Gasteiger partial charge on any atom is 0.338 e. The topological polar surface area (TPSA) is 72.5 Å². The van der Waals surface area contributed by atoms with Gasteiger partial charge in [0.1, 0.15) is 12.4 Å². The van der Waals surface area contributed by atoms with Crippen molar-refractivity contribution in [1.82, 2.24) is 0 Å². The van der Waals surface area contributed by atoms with Crippen molar-refractivity contribution >= 4 is 11.7 Å². The Bertz CT molecular complexity index is 608. The molecule has 0 unspecified atom stereocenters. The van der Waals surface area contributed by atoms with Gasteiger partial charge < -0.3 is 15.6 Å². The molecule has 0 fully saturated rings. The number of nitrogen functional groups attached to an aromatic ring is 1. The third-order valence-corrected chi connectivity index (χ3v) is 2.87. The van der Waals surface area contributed by atoms with E-state index >= 15 is 0 Å². The van der Waals surface area contributed by atoms with Crippen molar-refractivity contribution < 1.29 is 14.6 Å². The first-order valence-corrected chi connectivity index (χ1v) is 5.88. The number of ether oxygens (including phenoxy) is 1. The van der Waals surface area contributed by atoms with Gasteiger partial charge >= 0.3 is 5.97 Å². The number of hydrogen-bond acceptors (Lipinski definition) is 3. The SMILES string of the molecule is Cc1ccccc1OCc1cccc(N)c1C(=O)O. The number of hydrogen-bond donors (Lipinski definition) is 2. The molecule has 0 saturated carbocycles. The van der Waals surface area contributed by atoms with Crippen LogP contribution in [0.4, 0.5) is 5.69 Å². The number of nitrogens with two attached hydrogens (primary N) is 1. The van der Waals surface area contributed by atoms with Crippen LogP contribution in [-0.2, 0) is 6.61 Å². The van der Waals surface area contributed by atoms with Crippen molar-refractivity contribution in [3.05, 3.63) is 59.2 Å². The minimum atomic E-state index is -1.04. The number of para-hydroxylation sites is 1. The highest BCUT2D eigenvalue weighted by Gasteiger charge is 2.14. The van der Waals surface area contributed by atoms with Crippen LogP contribution >= 0.6 is 0 Å². The highest BCUT2D eigenvalue weighted by Crippen LogP contribution is 2.21. The van der Waals surface area contributed by atoms with Crippen molar-refractivity contribution in [3.63, 3.8) is 0 Å². The lowest BCUT2D eigenvalue weighted by atomic mass is 10.1. The molecule has 2 aromatic carbocycles. The van der Waals surface area contributed by atoms with Gasteiger partial charge in [-0.3, -0.25) is 0 Å². The van der Waals surface area contributed by atoms with E-state index in [0.717, 1.165) is 11.3 Å². The fourth-order valence-electron chi connectivity index (χ4n) is 1.87. The third kappa shape index (κ3) is 2.85. The Hall–Kier alpha value is -2.49. The summed E-state index contributed by atoms with van der Waals surface area (Å²) in [6, 6.07) is 12.6. The average molecular weight is 257 g/mol. The van der Waals surface area contributed by atoms with Gasteiger partial charge in [-0.25, -0.2) is 4.79 Å². The number of benzene rings is 2. The van der Waals surface area contributed by atoms with E-state index in [-0.39, 0.29) is 17.9 Å². The Morgan fingerprint density at radius 1 is 1.21 bits per heavy atom. The van der Waals surface area contributed by atoms with Crippen LogP contribution in [0.25, 0.3) is 0 Å². The largest absolute Gasteiger partial charge is 0.489 e. The third-order valence-electron chi connectivity index (χ3n) is 2.87. The van der Waals surface area contributed by atoms with Gasteiger partial charge in [0.05, 0.1) is 5.56 Å². The van der Waals surface area contributed by atoms with E-state index in [1.54, 1.807) is 18.2 Å². The van der Waals surface area contributed by atoms with Gasteiger partial charge in [0, 0.05) is 11.3 Å². The number of aromatic carboxylic acids is 1. The zero-order valence-corrected chi connectivity index (χ0v) is 10.6. The van der Waals surface area contributed by atoms with Crippen molar-refractivity contribution in [2.24, 2.45) is 0 Å². The molecule has 3 N–H and O–H groups in total. The van der Waals surface area contributed by atoms with Crippen molar-refractivity contribution in [2.75, 3.05) is 5.73 Å². The molecular weight excluding hydrogens is 242 g/mol. The number of carboxylic acid groups (broad SMARTS) is 1. The van der Waals surface area contributed by atoms with Crippen LogP contribution in [0.15, 0.2) is 42.5 Å². The molecular formula is C15H15NO3. The molecule has 2 rings (SSSR count). The smallest absolute Gasteiger partial charge is 0.338 e. The van der Waals surface area contributed by atoms with E-state index < -0.39 is 5.97 Å². The minimum Gasteiger partial charge on any atom is -0.489 e. The maximum absolute atomic E-state index is 11.2. The van der Waals surface area contributed by atoms with Gasteiger partial charge in [-0.15, -0.1) is 0 Å². The van der Waals surface area contributed by atoms with Gasteiger partial charge in [0.15, 0.2) is 0 Å². The van der Waals surface area contributed by atoms with E-state index in [1.807, 2.05) is 31.2 Å². The lowest BCUT2D eigenvalue weighted by Gasteiger charge is -2.11. The van der Waals surface area contributed by atoms with Crippen LogP contribution in [0.1, 0.15) is 21.5 Å². The highest BCUT2D eigenvalue weighted by molar-refractivity contribution is 5.95. The zero-order valence-electron chi connectivity index (χ0n) is 10.6. The molecule has 0 aliphatic rings. The lowest BCUT2D eigenvalue weighted by molar-refractivity contribution is 0.0695. The predicted octanol–water partition coefficient (Wildman–Crippen LogP) is 2.85. The zero-order chi connectivity index (χ0) is 13.8. The molecule has 4 nitrogen and oxygen atoms in total. The maximum atomic E-state index is 11.2. The fourth-order valence-corrected chi connectivity index (χ4v) is 1.87. The summed E-state index contributed by atoms with van der Waals surface area (Å²) in [6.45, 7) is 2.12. The van der Waals surface area contributed by atoms with E-state index in [9.17, 15) is 4.79 Å². The first-order valence-electron chi connectivity index (χ1n) is 5.88. The molecule has 0 saturated heterocycles. The second-order valence-corrected chi connectivity index (χ2v) is 4.24. The summed E-state index contributed by atoms with van der Waals surface area (Å²) >= 11 is 0. The van der Waals surface area contributed by atoms with Gasteiger partial charge in [-0.05, 0) is 24.6 Å². The summed E-state index contributed by atoms with van der Waals surface area (Å²) in [5.74, 6) is -0.303. The molecule has 0 spiro atoms. The minimum absolute atomic E-state index is 0.107. The Morgan fingerprint density at radius 3 is 2.63 bits per heavy atom. The molecule has 0 radical (unpaired) electrons. The second kappa shape index (κ2) is 5.44. The quantitative estimate of drug-likeness (QED) is 0.826. The Kier molecular flexibility index (Phi) is 3.71. The summed E-state index contributed by atoms with van der Waals surface area (Å²) < 4.78 is 5.65. The van der Waals surface area contributed by atoms with Crippen LogP contribution in [0.2, 0.25) is 0 Å². The molecule has 0 bridgehead atoms. The standard InChI is InChI=1S/C15H15NO3/c1-10-5-2-3-8-13(10)19-9-11-6-4-7-12(16)14(11)15(17)18/h2-8H,9,16H2,1H3,(H,17,18). The number of aryl methyl sites for hydroxylation is 1. The first-order chi connectivity index (χ1) is 9.09. The van der Waals surface area contributed by atoms with Crippen molar-refractivity contribution in [3.8, 4) is 5.75 Å². The first kappa shape index (κ1) is 13.0. The molecule has 98 valence electrons. The second-order valence-electron chi connectivity index (χ2n) is 4.24. The molecule has 0 aromatic heterocycles. The molecule has 19 heavy (non-hydrogen) atoms. The number of carboxylic acids is 1. The van der Waals surface area contributed by atoms with Gasteiger partial charge in [0.25, 0.3) is 0 Å². The summed E-state index contributed by atoms with van der Waals surface area (Å²) in [5.41, 5.74) is 7.61.